The van der Waals surface area contributed by atoms with Crippen LogP contribution in [0.15, 0.2) is 29.4 Å². The van der Waals surface area contributed by atoms with Crippen molar-refractivity contribution < 1.29 is 8.42 Å². The third kappa shape index (κ3) is 1.58. The monoisotopic (exact) mass is 207 g/mol. The summed E-state index contributed by atoms with van der Waals surface area (Å²) >= 11 is 0. The molecular weight excluding hydrogens is 200 g/mol. The molecule has 14 heavy (non-hydrogen) atoms. The zero-order chi connectivity index (χ0) is 10.2. The van der Waals surface area contributed by atoms with E-state index in [1.165, 1.54) is 0 Å². The van der Waals surface area contributed by atoms with Gasteiger partial charge in [-0.05, 0) is 6.07 Å². The Morgan fingerprint density at radius 1 is 1.29 bits per heavy atom. The maximum atomic E-state index is 11.1. The number of benzene rings is 1. The summed E-state index contributed by atoms with van der Waals surface area (Å²) < 4.78 is 22.3. The number of hydrogen-bond acceptors (Lipinski definition) is 4. The molecule has 0 N–H and O–H groups in total. The minimum atomic E-state index is -3.35. The van der Waals surface area contributed by atoms with Crippen molar-refractivity contribution in [1.82, 2.24) is 9.97 Å². The summed E-state index contributed by atoms with van der Waals surface area (Å²) in [5.74, 6) is 0. The number of fused-ring (bicyclic) bond motifs is 1. The molecule has 0 aliphatic carbocycles. The van der Waals surface area contributed by atoms with Gasteiger partial charge in [-0.25, -0.2) is 18.4 Å². The summed E-state index contributed by atoms with van der Waals surface area (Å²) in [6.07, 6.45) is 3.71. The largest absolute Gasteiger partial charge is 0.248 e. The van der Waals surface area contributed by atoms with Crippen LogP contribution in [-0.2, 0) is 9.84 Å². The lowest BCUT2D eigenvalue weighted by Gasteiger charge is -1.97. The number of hydrogen-bond donors (Lipinski definition) is 0. The van der Waals surface area contributed by atoms with E-state index in [4.69, 9.17) is 0 Å². The quantitative estimate of drug-likeness (QED) is 0.650. The van der Waals surface area contributed by atoms with Gasteiger partial charge in [-0.2, -0.15) is 0 Å². The number of sulfone groups is 1. The molecule has 0 unspecified atom stereocenters. The van der Waals surface area contributed by atoms with E-state index in [0.29, 0.717) is 10.9 Å². The van der Waals surface area contributed by atoms with Gasteiger partial charge in [0, 0.05) is 11.6 Å². The Labute approximate surface area is 81.5 Å². The van der Waals surface area contributed by atoms with Crippen molar-refractivity contribution in [2.45, 2.75) is 5.16 Å². The van der Waals surface area contributed by atoms with Crippen LogP contribution in [0.5, 0.6) is 0 Å². The first kappa shape index (κ1) is 9.08. The van der Waals surface area contributed by atoms with Crippen LogP contribution < -0.4 is 0 Å². The third-order valence-electron chi connectivity index (χ3n) is 1.72. The molecule has 0 atom stereocenters. The predicted octanol–water partition coefficient (Wildman–Crippen LogP) is 0.833. The highest BCUT2D eigenvalue weighted by molar-refractivity contribution is 7.90. The van der Waals surface area contributed by atoms with Gasteiger partial charge < -0.3 is 0 Å². The van der Waals surface area contributed by atoms with E-state index in [0.717, 1.165) is 6.26 Å². The molecule has 71 valence electrons. The predicted molar refractivity (Wildman–Crippen MR) is 51.5 cm³/mol. The van der Waals surface area contributed by atoms with E-state index in [1.54, 1.807) is 18.2 Å². The van der Waals surface area contributed by atoms with E-state index >= 15 is 0 Å². The first-order valence-corrected chi connectivity index (χ1v) is 5.81. The van der Waals surface area contributed by atoms with E-state index in [9.17, 15) is 8.42 Å². The average molecular weight is 207 g/mol. The van der Waals surface area contributed by atoms with Crippen LogP contribution in [0.25, 0.3) is 10.9 Å². The fourth-order valence-electron chi connectivity index (χ4n) is 1.07. The van der Waals surface area contributed by atoms with Crippen LogP contribution in [0, 0.1) is 6.20 Å². The molecule has 4 nitrogen and oxygen atoms in total. The minimum Gasteiger partial charge on any atom is -0.221 e. The molecule has 1 aromatic heterocycles. The van der Waals surface area contributed by atoms with Gasteiger partial charge in [-0.15, -0.1) is 0 Å². The van der Waals surface area contributed by atoms with Crippen LogP contribution in [0.1, 0.15) is 0 Å². The molecule has 0 fully saturated rings. The lowest BCUT2D eigenvalue weighted by Crippen LogP contribution is -2.03. The molecule has 0 amide bonds. The van der Waals surface area contributed by atoms with E-state index in [-0.39, 0.29) is 5.16 Å². The van der Waals surface area contributed by atoms with Crippen LogP contribution >= 0.6 is 0 Å². The molecule has 0 spiro atoms. The summed E-state index contributed by atoms with van der Waals surface area (Å²) in [6.45, 7) is 0. The smallest absolute Gasteiger partial charge is 0.221 e. The van der Waals surface area contributed by atoms with Crippen molar-refractivity contribution in [2.75, 3.05) is 6.26 Å². The zero-order valence-corrected chi connectivity index (χ0v) is 8.25. The minimum absolute atomic E-state index is 0.184. The Morgan fingerprint density at radius 2 is 2.00 bits per heavy atom. The second-order valence-electron chi connectivity index (χ2n) is 2.91. The SMILES string of the molecule is CS(=O)(=O)c1n[c]c2ccccc2n1. The Balaban J connectivity index is 2.75. The van der Waals surface area contributed by atoms with Crippen LogP contribution in [-0.4, -0.2) is 24.6 Å². The fourth-order valence-corrected chi connectivity index (χ4v) is 1.54. The van der Waals surface area contributed by atoms with E-state index in [2.05, 4.69) is 16.2 Å². The van der Waals surface area contributed by atoms with Gasteiger partial charge in [0.1, 0.15) is 6.20 Å². The highest BCUT2D eigenvalue weighted by Crippen LogP contribution is 2.10. The van der Waals surface area contributed by atoms with Gasteiger partial charge >= 0.3 is 0 Å². The molecule has 1 aromatic carbocycles. The number of rotatable bonds is 1. The van der Waals surface area contributed by atoms with Gasteiger partial charge in [0.25, 0.3) is 0 Å². The second-order valence-corrected chi connectivity index (χ2v) is 4.82. The first-order chi connectivity index (χ1) is 6.57. The molecule has 1 radical (unpaired) electrons. The molecular formula is C9H7N2O2S. The second kappa shape index (κ2) is 3.02. The highest BCUT2D eigenvalue weighted by Gasteiger charge is 2.10. The average Bonchev–Trinajstić information content (AvgIpc) is 2.16. The maximum absolute atomic E-state index is 11.1. The molecule has 0 bridgehead atoms. The summed E-state index contributed by atoms with van der Waals surface area (Å²) in [6, 6.07) is 7.11. The Morgan fingerprint density at radius 3 is 2.71 bits per heavy atom. The molecule has 1 heterocycles. The van der Waals surface area contributed by atoms with Gasteiger partial charge in [0.05, 0.1) is 5.52 Å². The Hall–Kier alpha value is -1.49. The lowest BCUT2D eigenvalue weighted by molar-refractivity contribution is 0.593. The van der Waals surface area contributed by atoms with Crippen molar-refractivity contribution in [3.8, 4) is 0 Å². The summed E-state index contributed by atoms with van der Waals surface area (Å²) in [4.78, 5) is 7.57. The van der Waals surface area contributed by atoms with Gasteiger partial charge in [-0.3, -0.25) is 0 Å². The molecule has 0 saturated heterocycles. The first-order valence-electron chi connectivity index (χ1n) is 3.92. The molecule has 2 aromatic rings. The van der Waals surface area contributed by atoms with E-state index < -0.39 is 9.84 Å². The lowest BCUT2D eigenvalue weighted by atomic mass is 10.2. The molecule has 2 rings (SSSR count). The Kier molecular flexibility index (Phi) is 1.96. The van der Waals surface area contributed by atoms with Crippen LogP contribution in [0.3, 0.4) is 0 Å². The normalized spacial score (nSPS) is 11.8. The zero-order valence-electron chi connectivity index (χ0n) is 7.43. The summed E-state index contributed by atoms with van der Waals surface area (Å²) in [5.41, 5.74) is 0.586. The van der Waals surface area contributed by atoms with Crippen molar-refractivity contribution in [3.63, 3.8) is 0 Å². The van der Waals surface area contributed by atoms with Crippen LogP contribution in [0.4, 0.5) is 0 Å². The van der Waals surface area contributed by atoms with E-state index in [1.807, 2.05) is 6.07 Å². The standard InChI is InChI=1S/C9H7N2O2S/c1-14(12,13)9-10-6-7-4-2-3-5-8(7)11-9/h2-5H,1H3. The summed E-state index contributed by atoms with van der Waals surface area (Å²) in [7, 11) is -3.35. The third-order valence-corrected chi connectivity index (χ3v) is 2.57. The molecule has 0 saturated carbocycles. The maximum Gasteiger partial charge on any atom is 0.248 e. The molecule has 0 aliphatic heterocycles. The van der Waals surface area contributed by atoms with Crippen molar-refractivity contribution in [2.24, 2.45) is 0 Å². The van der Waals surface area contributed by atoms with Gasteiger partial charge in [0.2, 0.25) is 15.0 Å². The Bertz CT molecular complexity index is 578. The van der Waals surface area contributed by atoms with Gasteiger partial charge in [-0.1, -0.05) is 18.2 Å². The van der Waals surface area contributed by atoms with Crippen molar-refractivity contribution in [1.29, 1.82) is 0 Å². The number of nitrogens with zero attached hydrogens (tertiary/aromatic N) is 2. The van der Waals surface area contributed by atoms with Crippen molar-refractivity contribution in [3.05, 3.63) is 30.5 Å². The van der Waals surface area contributed by atoms with Crippen molar-refractivity contribution >= 4 is 20.7 Å². The number of aromatic nitrogens is 2. The molecule has 0 aliphatic rings. The van der Waals surface area contributed by atoms with Gasteiger partial charge in [0.15, 0.2) is 0 Å². The fraction of sp³-hybridized carbons (Fsp3) is 0.111. The topological polar surface area (TPSA) is 59.9 Å². The highest BCUT2D eigenvalue weighted by atomic mass is 32.2. The number of para-hydroxylation sites is 1. The molecule has 5 heteroatoms. The summed E-state index contributed by atoms with van der Waals surface area (Å²) in [5, 5.41) is 0.524. The van der Waals surface area contributed by atoms with Crippen LogP contribution in [0.2, 0.25) is 0 Å².